The van der Waals surface area contributed by atoms with Crippen molar-refractivity contribution in [2.24, 2.45) is 11.7 Å². The maximum Gasteiger partial charge on any atom is 0.0727 e. The molecule has 0 aromatic rings. The molecule has 0 atom stereocenters. The Morgan fingerprint density at radius 3 is 2.50 bits per heavy atom. The monoisotopic (exact) mass is 242 g/mol. The molecule has 0 aliphatic heterocycles. The number of rotatable bonds is 9. The zero-order chi connectivity index (χ0) is 12.0. The van der Waals surface area contributed by atoms with Crippen molar-refractivity contribution >= 4 is 17.2 Å². The van der Waals surface area contributed by atoms with Crippen LogP contribution >= 0.6 is 12.2 Å². The average molecular weight is 242 g/mol. The van der Waals surface area contributed by atoms with Crippen LogP contribution < -0.4 is 5.73 Å². The molecule has 2 nitrogen and oxygen atoms in total. The first-order chi connectivity index (χ1) is 7.59. The highest BCUT2D eigenvalue weighted by molar-refractivity contribution is 7.80. The van der Waals surface area contributed by atoms with Gasteiger partial charge in [-0.2, -0.15) is 0 Å². The van der Waals surface area contributed by atoms with Gasteiger partial charge in [-0.15, -0.1) is 0 Å². The molecule has 3 heteroatoms. The van der Waals surface area contributed by atoms with Crippen molar-refractivity contribution < 1.29 is 0 Å². The molecule has 0 amide bonds. The van der Waals surface area contributed by atoms with Crippen LogP contribution in [0.1, 0.15) is 52.4 Å². The Bertz CT molecular complexity index is 212. The fourth-order valence-electron chi connectivity index (χ4n) is 1.95. The summed E-state index contributed by atoms with van der Waals surface area (Å²) in [4.78, 5) is 3.33. The van der Waals surface area contributed by atoms with Gasteiger partial charge in [0.05, 0.1) is 4.99 Å². The predicted octanol–water partition coefficient (Wildman–Crippen LogP) is 2.95. The molecule has 0 aromatic heterocycles. The third-order valence-electron chi connectivity index (χ3n) is 3.18. The minimum Gasteiger partial charge on any atom is -0.393 e. The fraction of sp³-hybridized carbons (Fsp3) is 0.923. The molecule has 0 aromatic carbocycles. The van der Waals surface area contributed by atoms with Gasteiger partial charge < -0.3 is 10.6 Å². The Balaban J connectivity index is 2.10. The average Bonchev–Trinajstić information content (AvgIpc) is 2.99. The number of hydrogen-bond acceptors (Lipinski definition) is 2. The lowest BCUT2D eigenvalue weighted by atomic mass is 10.1. The van der Waals surface area contributed by atoms with Crippen LogP contribution in [0.2, 0.25) is 0 Å². The highest BCUT2D eigenvalue weighted by Gasteiger charge is 2.27. The lowest BCUT2D eigenvalue weighted by Gasteiger charge is -2.22. The summed E-state index contributed by atoms with van der Waals surface area (Å²) in [5.74, 6) is 0.817. The van der Waals surface area contributed by atoms with Gasteiger partial charge in [-0.25, -0.2) is 0 Å². The molecule has 0 bridgehead atoms. The Morgan fingerprint density at radius 2 is 2.00 bits per heavy atom. The van der Waals surface area contributed by atoms with Gasteiger partial charge in [-0.1, -0.05) is 26.1 Å². The Kier molecular flexibility index (Phi) is 6.29. The van der Waals surface area contributed by atoms with Crippen molar-refractivity contribution in [1.29, 1.82) is 0 Å². The van der Waals surface area contributed by atoms with Crippen molar-refractivity contribution in [2.75, 3.05) is 13.1 Å². The number of nitrogens with two attached hydrogens (primary N) is 1. The third kappa shape index (κ3) is 6.44. The van der Waals surface area contributed by atoms with E-state index in [4.69, 9.17) is 18.0 Å². The summed E-state index contributed by atoms with van der Waals surface area (Å²) in [6.45, 7) is 7.12. The summed E-state index contributed by atoms with van der Waals surface area (Å²) in [6.07, 6.45) is 7.46. The second-order valence-electron chi connectivity index (χ2n) is 5.37. The van der Waals surface area contributed by atoms with E-state index in [1.165, 1.54) is 38.8 Å². The van der Waals surface area contributed by atoms with E-state index in [1.807, 2.05) is 0 Å². The van der Waals surface area contributed by atoms with E-state index in [-0.39, 0.29) is 0 Å². The first-order valence-electron chi connectivity index (χ1n) is 6.62. The molecular formula is C13H26N2S. The SMILES string of the molecule is CC(C)CCN(CCCCC(N)=S)C1CC1. The molecule has 1 fully saturated rings. The second-order valence-corrected chi connectivity index (χ2v) is 5.90. The molecule has 0 heterocycles. The van der Waals surface area contributed by atoms with Crippen molar-refractivity contribution in [3.8, 4) is 0 Å². The first-order valence-corrected chi connectivity index (χ1v) is 7.02. The number of unbranched alkanes of at least 4 members (excludes halogenated alkanes) is 1. The third-order valence-corrected chi connectivity index (χ3v) is 3.38. The van der Waals surface area contributed by atoms with E-state index in [0.29, 0.717) is 4.99 Å². The van der Waals surface area contributed by atoms with E-state index in [0.717, 1.165) is 24.8 Å². The van der Waals surface area contributed by atoms with Crippen molar-refractivity contribution in [3.63, 3.8) is 0 Å². The minimum atomic E-state index is 0.667. The Morgan fingerprint density at radius 1 is 1.31 bits per heavy atom. The van der Waals surface area contributed by atoms with Gasteiger partial charge in [0.15, 0.2) is 0 Å². The van der Waals surface area contributed by atoms with Crippen LogP contribution in [0.25, 0.3) is 0 Å². The highest BCUT2D eigenvalue weighted by atomic mass is 32.1. The van der Waals surface area contributed by atoms with Crippen molar-refractivity contribution in [2.45, 2.75) is 58.4 Å². The molecule has 2 N–H and O–H groups in total. The molecular weight excluding hydrogens is 216 g/mol. The molecule has 1 aliphatic rings. The number of hydrogen-bond donors (Lipinski definition) is 1. The molecule has 0 saturated heterocycles. The molecule has 0 unspecified atom stereocenters. The smallest absolute Gasteiger partial charge is 0.0727 e. The van der Waals surface area contributed by atoms with E-state index in [2.05, 4.69) is 18.7 Å². The quantitative estimate of drug-likeness (QED) is 0.498. The van der Waals surface area contributed by atoms with E-state index < -0.39 is 0 Å². The zero-order valence-electron chi connectivity index (χ0n) is 10.7. The summed E-state index contributed by atoms with van der Waals surface area (Å²) < 4.78 is 0. The van der Waals surface area contributed by atoms with Crippen LogP contribution in [-0.4, -0.2) is 29.0 Å². The topological polar surface area (TPSA) is 29.3 Å². The molecule has 16 heavy (non-hydrogen) atoms. The summed E-state index contributed by atoms with van der Waals surface area (Å²) >= 11 is 4.89. The molecule has 0 radical (unpaired) electrons. The van der Waals surface area contributed by atoms with Crippen molar-refractivity contribution in [3.05, 3.63) is 0 Å². The van der Waals surface area contributed by atoms with Crippen LogP contribution in [0.5, 0.6) is 0 Å². The molecule has 94 valence electrons. The normalized spacial score (nSPS) is 16.0. The molecule has 1 saturated carbocycles. The van der Waals surface area contributed by atoms with Crippen LogP contribution in [0, 0.1) is 5.92 Å². The second kappa shape index (κ2) is 7.23. The minimum absolute atomic E-state index is 0.667. The van der Waals surface area contributed by atoms with Crippen LogP contribution in [-0.2, 0) is 0 Å². The number of thiocarbonyl (C=S) groups is 1. The standard InChI is InChI=1S/C13H26N2S/c1-11(2)8-10-15(12-6-7-12)9-4-3-5-13(14)16/h11-12H,3-10H2,1-2H3,(H2,14,16). The molecule has 0 spiro atoms. The van der Waals surface area contributed by atoms with Gasteiger partial charge in [0.1, 0.15) is 0 Å². The lowest BCUT2D eigenvalue weighted by molar-refractivity contribution is 0.243. The largest absolute Gasteiger partial charge is 0.393 e. The van der Waals surface area contributed by atoms with Crippen LogP contribution in [0.4, 0.5) is 0 Å². The fourth-order valence-corrected chi connectivity index (χ4v) is 2.10. The van der Waals surface area contributed by atoms with Crippen molar-refractivity contribution in [1.82, 2.24) is 4.90 Å². The zero-order valence-corrected chi connectivity index (χ0v) is 11.6. The summed E-state index contributed by atoms with van der Waals surface area (Å²) in [5, 5.41) is 0. The van der Waals surface area contributed by atoms with Gasteiger partial charge in [-0.3, -0.25) is 0 Å². The first kappa shape index (κ1) is 13.9. The van der Waals surface area contributed by atoms with E-state index in [9.17, 15) is 0 Å². The maximum atomic E-state index is 5.50. The van der Waals surface area contributed by atoms with Gasteiger partial charge >= 0.3 is 0 Å². The van der Waals surface area contributed by atoms with E-state index >= 15 is 0 Å². The van der Waals surface area contributed by atoms with Gasteiger partial charge in [0, 0.05) is 6.04 Å². The molecule has 1 rings (SSSR count). The summed E-state index contributed by atoms with van der Waals surface area (Å²) in [7, 11) is 0. The molecule has 1 aliphatic carbocycles. The van der Waals surface area contributed by atoms with Crippen LogP contribution in [0.3, 0.4) is 0 Å². The van der Waals surface area contributed by atoms with Gasteiger partial charge in [0.25, 0.3) is 0 Å². The lowest BCUT2D eigenvalue weighted by Crippen LogP contribution is -2.29. The van der Waals surface area contributed by atoms with Gasteiger partial charge in [-0.05, 0) is 57.5 Å². The van der Waals surface area contributed by atoms with Crippen LogP contribution in [0.15, 0.2) is 0 Å². The van der Waals surface area contributed by atoms with Gasteiger partial charge in [0.2, 0.25) is 0 Å². The summed E-state index contributed by atoms with van der Waals surface area (Å²) in [6, 6.07) is 0.892. The predicted molar refractivity (Wildman–Crippen MR) is 74.7 cm³/mol. The Labute approximate surface area is 106 Å². The van der Waals surface area contributed by atoms with E-state index in [1.54, 1.807) is 0 Å². The summed E-state index contributed by atoms with van der Waals surface area (Å²) in [5.41, 5.74) is 5.50. The highest BCUT2D eigenvalue weighted by Crippen LogP contribution is 2.27. The maximum absolute atomic E-state index is 5.50. The Hall–Kier alpha value is -0.150. The number of nitrogens with zero attached hydrogens (tertiary/aromatic N) is 1.